The number of carbonyl (C=O) groups is 1. The van der Waals surface area contributed by atoms with Gasteiger partial charge in [-0.05, 0) is 62.9 Å². The Hall–Kier alpha value is -3.02. The molecule has 0 radical (unpaired) electrons. The molecule has 1 saturated heterocycles. The Kier molecular flexibility index (Phi) is 8.76. The molecule has 0 aromatic heterocycles. The van der Waals surface area contributed by atoms with E-state index in [4.69, 9.17) is 0 Å². The Morgan fingerprint density at radius 2 is 1.84 bits per heavy atom. The highest BCUT2D eigenvalue weighted by molar-refractivity contribution is 5.94. The van der Waals surface area contributed by atoms with Crippen molar-refractivity contribution in [2.75, 3.05) is 37.6 Å². The molecule has 6 heteroatoms. The van der Waals surface area contributed by atoms with Crippen molar-refractivity contribution in [3.8, 4) is 0 Å². The van der Waals surface area contributed by atoms with Gasteiger partial charge in [0.25, 0.3) is 5.91 Å². The molecule has 0 aliphatic carbocycles. The van der Waals surface area contributed by atoms with Gasteiger partial charge in [-0.15, -0.1) is 0 Å². The second-order valence-corrected chi connectivity index (χ2v) is 7.89. The minimum Gasteiger partial charge on any atom is -0.372 e. The van der Waals surface area contributed by atoms with Gasteiger partial charge >= 0.3 is 0 Å². The fourth-order valence-corrected chi connectivity index (χ4v) is 3.74. The first-order valence-corrected chi connectivity index (χ1v) is 11.4. The molecular formula is C25H35N5O. The molecule has 1 aliphatic rings. The smallest absolute Gasteiger partial charge is 0.251 e. The van der Waals surface area contributed by atoms with Crippen molar-refractivity contribution in [3.05, 3.63) is 65.7 Å². The Balaban J connectivity index is 1.48. The molecule has 6 nitrogen and oxygen atoms in total. The third-order valence-corrected chi connectivity index (χ3v) is 5.47. The zero-order chi connectivity index (χ0) is 21.9. The molecule has 1 aliphatic heterocycles. The number of aliphatic imine (C=N–C) groups is 1. The minimum atomic E-state index is -0.0406. The summed E-state index contributed by atoms with van der Waals surface area (Å²) in [5.41, 5.74) is 3.25. The maximum absolute atomic E-state index is 12.1. The Morgan fingerprint density at radius 3 is 2.58 bits per heavy atom. The molecule has 0 spiro atoms. The highest BCUT2D eigenvalue weighted by Crippen LogP contribution is 2.23. The van der Waals surface area contributed by atoms with Crippen molar-refractivity contribution >= 4 is 17.6 Å². The number of rotatable bonds is 9. The highest BCUT2D eigenvalue weighted by atomic mass is 16.1. The number of hydrogen-bond donors (Lipinski definition) is 3. The lowest BCUT2D eigenvalue weighted by Gasteiger charge is -2.22. The number of amides is 1. The monoisotopic (exact) mass is 421 g/mol. The number of anilines is 1. The largest absolute Gasteiger partial charge is 0.372 e. The number of benzene rings is 2. The summed E-state index contributed by atoms with van der Waals surface area (Å²) in [6.45, 7) is 8.57. The van der Waals surface area contributed by atoms with Crippen molar-refractivity contribution in [2.24, 2.45) is 4.99 Å². The lowest BCUT2D eigenvalue weighted by atomic mass is 10.1. The highest BCUT2D eigenvalue weighted by Gasteiger charge is 2.14. The van der Waals surface area contributed by atoms with E-state index in [1.54, 1.807) is 0 Å². The van der Waals surface area contributed by atoms with Crippen LogP contribution < -0.4 is 20.9 Å². The number of nitrogens with zero attached hydrogens (tertiary/aromatic N) is 2. The van der Waals surface area contributed by atoms with Gasteiger partial charge in [0.15, 0.2) is 5.96 Å². The summed E-state index contributed by atoms with van der Waals surface area (Å²) in [5, 5.41) is 9.78. The van der Waals surface area contributed by atoms with E-state index >= 15 is 0 Å². The Bertz CT molecular complexity index is 846. The lowest BCUT2D eigenvalue weighted by molar-refractivity contribution is 0.0953. The third-order valence-electron chi connectivity index (χ3n) is 5.47. The summed E-state index contributed by atoms with van der Waals surface area (Å²) in [6.07, 6.45) is 3.34. The number of guanidine groups is 1. The van der Waals surface area contributed by atoms with Gasteiger partial charge in [-0.3, -0.25) is 9.79 Å². The lowest BCUT2D eigenvalue weighted by Crippen LogP contribution is -2.39. The van der Waals surface area contributed by atoms with Gasteiger partial charge in [-0.1, -0.05) is 30.3 Å². The van der Waals surface area contributed by atoms with Crippen LogP contribution in [0.3, 0.4) is 0 Å². The predicted molar refractivity (Wildman–Crippen MR) is 129 cm³/mol. The molecular weight excluding hydrogens is 386 g/mol. The third kappa shape index (κ3) is 7.02. The molecule has 1 unspecified atom stereocenters. The van der Waals surface area contributed by atoms with Gasteiger partial charge in [0, 0.05) is 44.0 Å². The molecule has 1 amide bonds. The van der Waals surface area contributed by atoms with Gasteiger partial charge in [0.05, 0.1) is 6.04 Å². The standard InChI is InChI=1S/C25H35N5O/c1-3-26-25(28-16-10-15-27-24(31)21-11-5-4-6-12-21)29-20(2)22-13-9-14-23(19-22)30-17-7-8-18-30/h4-6,9,11-14,19-20H,3,7-8,10,15-18H2,1-2H3,(H,27,31)(H2,26,28,29). The van der Waals surface area contributed by atoms with Gasteiger partial charge in [-0.2, -0.15) is 0 Å². The summed E-state index contributed by atoms with van der Waals surface area (Å²) >= 11 is 0. The first-order valence-electron chi connectivity index (χ1n) is 11.4. The molecule has 1 fully saturated rings. The van der Waals surface area contributed by atoms with Crippen LogP contribution >= 0.6 is 0 Å². The SMILES string of the molecule is CCNC(=NCCCNC(=O)c1ccccc1)NC(C)c1cccc(N2CCCC2)c1. The van der Waals surface area contributed by atoms with E-state index in [2.05, 4.69) is 64.0 Å². The van der Waals surface area contributed by atoms with Crippen LogP contribution in [-0.4, -0.2) is 44.6 Å². The topological polar surface area (TPSA) is 68.8 Å². The summed E-state index contributed by atoms with van der Waals surface area (Å²) in [5.74, 6) is 0.761. The van der Waals surface area contributed by atoms with Gasteiger partial charge < -0.3 is 20.9 Å². The van der Waals surface area contributed by atoms with Crippen LogP contribution in [0.15, 0.2) is 59.6 Å². The van der Waals surface area contributed by atoms with Crippen molar-refractivity contribution in [1.82, 2.24) is 16.0 Å². The van der Waals surface area contributed by atoms with E-state index in [0.717, 1.165) is 32.0 Å². The van der Waals surface area contributed by atoms with E-state index in [9.17, 15) is 4.79 Å². The fraction of sp³-hybridized carbons (Fsp3) is 0.440. The van der Waals surface area contributed by atoms with Crippen molar-refractivity contribution in [3.63, 3.8) is 0 Å². The molecule has 0 bridgehead atoms. The zero-order valence-electron chi connectivity index (χ0n) is 18.7. The van der Waals surface area contributed by atoms with Crippen LogP contribution in [-0.2, 0) is 0 Å². The molecule has 3 rings (SSSR count). The van der Waals surface area contributed by atoms with Gasteiger partial charge in [0.2, 0.25) is 0 Å². The van der Waals surface area contributed by atoms with Crippen molar-refractivity contribution < 1.29 is 4.79 Å². The summed E-state index contributed by atoms with van der Waals surface area (Å²) in [7, 11) is 0. The summed E-state index contributed by atoms with van der Waals surface area (Å²) in [4.78, 5) is 19.2. The average Bonchev–Trinajstić information content (AvgIpc) is 3.34. The minimum absolute atomic E-state index is 0.0406. The average molecular weight is 422 g/mol. The van der Waals surface area contributed by atoms with Crippen LogP contribution in [0, 0.1) is 0 Å². The van der Waals surface area contributed by atoms with Crippen LogP contribution in [0.1, 0.15) is 55.1 Å². The first kappa shape index (κ1) is 22.7. The predicted octanol–water partition coefficient (Wildman–Crippen LogP) is 3.72. The molecule has 166 valence electrons. The maximum atomic E-state index is 12.1. The Morgan fingerprint density at radius 1 is 1.06 bits per heavy atom. The van der Waals surface area contributed by atoms with E-state index in [-0.39, 0.29) is 11.9 Å². The van der Waals surface area contributed by atoms with Gasteiger partial charge in [0.1, 0.15) is 0 Å². The molecule has 1 heterocycles. The zero-order valence-corrected chi connectivity index (χ0v) is 18.7. The molecule has 31 heavy (non-hydrogen) atoms. The second-order valence-electron chi connectivity index (χ2n) is 7.89. The van der Waals surface area contributed by atoms with Crippen LogP contribution in [0.2, 0.25) is 0 Å². The van der Waals surface area contributed by atoms with Crippen molar-refractivity contribution in [1.29, 1.82) is 0 Å². The summed E-state index contributed by atoms with van der Waals surface area (Å²) < 4.78 is 0. The van der Waals surface area contributed by atoms with E-state index < -0.39 is 0 Å². The van der Waals surface area contributed by atoms with Crippen LogP contribution in [0.4, 0.5) is 5.69 Å². The van der Waals surface area contributed by atoms with E-state index in [1.165, 1.54) is 24.1 Å². The van der Waals surface area contributed by atoms with Gasteiger partial charge in [-0.25, -0.2) is 0 Å². The second kappa shape index (κ2) is 12.0. The van der Waals surface area contributed by atoms with E-state index in [1.807, 2.05) is 30.3 Å². The number of hydrogen-bond acceptors (Lipinski definition) is 3. The maximum Gasteiger partial charge on any atom is 0.251 e. The quantitative estimate of drug-likeness (QED) is 0.328. The number of nitrogens with one attached hydrogen (secondary N) is 3. The van der Waals surface area contributed by atoms with Crippen molar-refractivity contribution in [2.45, 2.75) is 39.2 Å². The first-order chi connectivity index (χ1) is 15.2. The molecule has 0 saturated carbocycles. The summed E-state index contributed by atoms with van der Waals surface area (Å²) in [6, 6.07) is 18.2. The Labute approximate surface area is 186 Å². The molecule has 2 aromatic rings. The van der Waals surface area contributed by atoms with E-state index in [0.29, 0.717) is 18.7 Å². The normalized spacial score (nSPS) is 14.9. The molecule has 1 atom stereocenters. The van der Waals surface area contributed by atoms with Crippen LogP contribution in [0.25, 0.3) is 0 Å². The fourth-order valence-electron chi connectivity index (χ4n) is 3.74. The van der Waals surface area contributed by atoms with Crippen LogP contribution in [0.5, 0.6) is 0 Å². The number of carbonyl (C=O) groups excluding carboxylic acids is 1. The molecule has 3 N–H and O–H groups in total. The molecule has 2 aromatic carbocycles.